The van der Waals surface area contributed by atoms with E-state index in [4.69, 9.17) is 14.2 Å². The number of aromatic nitrogens is 4. The molecule has 7 aromatic rings. The number of nitrogens with one attached hydrogen (secondary N) is 5. The fraction of sp³-hybridized carbons (Fsp3) is 0.431. The van der Waals surface area contributed by atoms with Crippen LogP contribution in [-0.2, 0) is 16.6 Å². The number of carbonyl (C=O) groups is 1. The van der Waals surface area contributed by atoms with Crippen LogP contribution in [0.3, 0.4) is 0 Å². The molecule has 1 saturated carbocycles. The summed E-state index contributed by atoms with van der Waals surface area (Å²) < 4.78 is 64.3. The minimum Gasteiger partial charge on any atom is -0.629 e. The van der Waals surface area contributed by atoms with E-state index in [1.165, 1.54) is 54.5 Å². The molecule has 10 rings (SSSR count). The molecular weight excluding hydrogens is 1000 g/mol. The molecule has 1 aliphatic carbocycles. The molecule has 3 aliphatic rings. The van der Waals surface area contributed by atoms with Gasteiger partial charge in [-0.2, -0.15) is 4.98 Å². The Bertz CT molecular complexity index is 3310. The van der Waals surface area contributed by atoms with E-state index in [1.54, 1.807) is 26.2 Å². The zero-order valence-corrected chi connectivity index (χ0v) is 45.6. The standard InChI is InChI=1S/C58H71FN10O7S/c1-7-75-58-51(29-45-47(59)32-61-56(45)64-58)76-50-28-40(18-21-44(50)57(70)65-77(72,73)52-30-49(66(5)71)53(55-54(52)62-35-63-55)60-31-38-14-12-37(4)13-15-38)68-24-26-69(27-25-68)48-22-23-67(33-39-16-19-41(74-6)20-17-39)34-46(48)43-11-9-8-10-42(43)36(2)3/h8-11,16-21,28-30,32,35-38,46,48,60,66H,7,12-15,22-27,31,33-34H2,1-6H3,(H,61,64)(H,62,63)(H,65,70)/t37-,38+,46?,48?. The average Bonchev–Trinajstić information content (AvgIpc) is 4.08. The van der Waals surface area contributed by atoms with Crippen molar-refractivity contribution in [3.8, 4) is 23.1 Å². The van der Waals surface area contributed by atoms with Crippen molar-refractivity contribution in [3.05, 3.63) is 125 Å². The van der Waals surface area contributed by atoms with Crippen LogP contribution in [0.15, 0.2) is 96.3 Å². The normalized spacial score (nSPS) is 20.1. The first-order valence-corrected chi connectivity index (χ1v) is 28.5. The number of carbonyl (C=O) groups excluding carboxylic acids is 1. The van der Waals surface area contributed by atoms with Gasteiger partial charge in [0.2, 0.25) is 0 Å². The number of halogens is 1. The summed E-state index contributed by atoms with van der Waals surface area (Å²) in [6, 6.07) is 25.3. The van der Waals surface area contributed by atoms with Crippen molar-refractivity contribution >= 4 is 55.1 Å². The summed E-state index contributed by atoms with van der Waals surface area (Å²) in [7, 11) is -1.62. The zero-order valence-electron chi connectivity index (χ0n) is 44.8. The van der Waals surface area contributed by atoms with Gasteiger partial charge in [-0.1, -0.05) is 70.0 Å². The molecule has 0 bridgehead atoms. The summed E-state index contributed by atoms with van der Waals surface area (Å²) in [5.41, 5.74) is 5.93. The maximum Gasteiger partial charge on any atom is 0.268 e. The van der Waals surface area contributed by atoms with E-state index >= 15 is 4.39 Å². The number of piperazine rings is 1. The molecule has 3 fully saturated rings. The molecule has 0 spiro atoms. The van der Waals surface area contributed by atoms with E-state index in [0.29, 0.717) is 54.6 Å². The van der Waals surface area contributed by atoms with Crippen molar-refractivity contribution in [2.75, 3.05) is 76.8 Å². The van der Waals surface area contributed by atoms with E-state index in [-0.39, 0.29) is 67.7 Å². The largest absolute Gasteiger partial charge is 0.629 e. The first-order valence-electron chi connectivity index (χ1n) is 27.0. The smallest absolute Gasteiger partial charge is 0.268 e. The Morgan fingerprint density at radius 3 is 2.44 bits per heavy atom. The third kappa shape index (κ3) is 11.6. The molecule has 19 heteroatoms. The van der Waals surface area contributed by atoms with Gasteiger partial charge < -0.3 is 44.7 Å². The Morgan fingerprint density at radius 1 is 0.948 bits per heavy atom. The molecular formula is C58H71FN10O7S. The minimum atomic E-state index is -4.69. The number of benzene rings is 4. The molecule has 4 aromatic carbocycles. The number of quaternary nitrogens is 1. The second-order valence-electron chi connectivity index (χ2n) is 21.3. The quantitative estimate of drug-likeness (QED) is 0.0511. The number of sulfonamides is 1. The fourth-order valence-corrected chi connectivity index (χ4v) is 12.9. The van der Waals surface area contributed by atoms with E-state index in [9.17, 15) is 18.4 Å². The molecule has 3 aromatic heterocycles. The number of hydrogen-bond donors (Lipinski definition) is 5. The van der Waals surface area contributed by atoms with Crippen molar-refractivity contribution in [3.63, 3.8) is 0 Å². The Kier molecular flexibility index (Phi) is 16.1. The lowest BCUT2D eigenvalue weighted by molar-refractivity contribution is -0.750. The van der Waals surface area contributed by atoms with Crippen molar-refractivity contribution in [1.82, 2.24) is 34.5 Å². The third-order valence-corrected chi connectivity index (χ3v) is 17.3. The van der Waals surface area contributed by atoms with E-state index in [2.05, 4.69) is 102 Å². The summed E-state index contributed by atoms with van der Waals surface area (Å²) in [4.78, 5) is 36.4. The third-order valence-electron chi connectivity index (χ3n) is 15.9. The summed E-state index contributed by atoms with van der Waals surface area (Å²) in [5, 5.41) is 16.5. The summed E-state index contributed by atoms with van der Waals surface area (Å²) in [5.74, 6) is 1.08. The molecule has 1 amide bonds. The minimum absolute atomic E-state index is 0.00346. The number of hydrogen-bond acceptors (Lipinski definition) is 13. The highest BCUT2D eigenvalue weighted by Crippen LogP contribution is 2.41. The van der Waals surface area contributed by atoms with Crippen molar-refractivity contribution in [2.24, 2.45) is 11.8 Å². The van der Waals surface area contributed by atoms with Crippen LogP contribution in [0.1, 0.15) is 98.7 Å². The van der Waals surface area contributed by atoms with Crippen LogP contribution in [0.4, 0.5) is 21.5 Å². The van der Waals surface area contributed by atoms with Gasteiger partial charge in [0.15, 0.2) is 11.4 Å². The van der Waals surface area contributed by atoms with Crippen LogP contribution >= 0.6 is 0 Å². The SMILES string of the molecule is CCOc1nc2[nH]cc(F)c2cc1Oc1cc(N2CCN(C3CCN(Cc4ccc(OC)cc4)CC3c3ccccc3C(C)C)CC2)ccc1C(=O)NS(=O)(=O)c1cc([NH+](C)[O-])c(NC[C@H]2CC[C@@H](C)CC2)c2[nH]cnc12. The van der Waals surface area contributed by atoms with Crippen LogP contribution in [0, 0.1) is 22.9 Å². The molecule has 5 N–H and O–H groups in total. The summed E-state index contributed by atoms with van der Waals surface area (Å²) >= 11 is 0. The first-order chi connectivity index (χ1) is 37.2. The van der Waals surface area contributed by atoms with Gasteiger partial charge >= 0.3 is 0 Å². The van der Waals surface area contributed by atoms with Crippen molar-refractivity contribution in [1.29, 1.82) is 0 Å². The topological polar surface area (TPSA) is 198 Å². The molecule has 3 atom stereocenters. The number of aromatic amines is 2. The lowest BCUT2D eigenvalue weighted by Gasteiger charge is -2.48. The molecule has 2 aliphatic heterocycles. The lowest BCUT2D eigenvalue weighted by Crippen LogP contribution is -2.98. The highest BCUT2D eigenvalue weighted by molar-refractivity contribution is 7.90. The van der Waals surface area contributed by atoms with Crippen molar-refractivity contribution < 1.29 is 36.9 Å². The highest BCUT2D eigenvalue weighted by Gasteiger charge is 2.38. The summed E-state index contributed by atoms with van der Waals surface area (Å²) in [6.07, 6.45) is 7.93. The summed E-state index contributed by atoms with van der Waals surface area (Å²) in [6.45, 7) is 15.0. The number of methoxy groups -OCH3 is 1. The van der Waals surface area contributed by atoms with E-state index in [0.717, 1.165) is 76.3 Å². The van der Waals surface area contributed by atoms with Gasteiger partial charge in [0.25, 0.3) is 21.8 Å². The van der Waals surface area contributed by atoms with Crippen LogP contribution in [-0.4, -0.2) is 117 Å². The first kappa shape index (κ1) is 53.6. The number of H-pyrrole nitrogens is 2. The number of piperidine rings is 1. The van der Waals surface area contributed by atoms with Gasteiger partial charge in [-0.05, 0) is 84.9 Å². The van der Waals surface area contributed by atoms with Crippen LogP contribution in [0.25, 0.3) is 22.1 Å². The predicted octanol–water partition coefficient (Wildman–Crippen LogP) is 9.08. The molecule has 2 saturated heterocycles. The molecule has 5 heterocycles. The van der Waals surface area contributed by atoms with Crippen LogP contribution in [0.5, 0.6) is 23.1 Å². The number of ether oxygens (including phenoxy) is 3. The van der Waals surface area contributed by atoms with E-state index in [1.807, 2.05) is 12.1 Å². The number of rotatable bonds is 18. The fourth-order valence-electron chi connectivity index (χ4n) is 11.7. The molecule has 0 radical (unpaired) electrons. The van der Waals surface area contributed by atoms with Crippen LogP contribution in [0.2, 0.25) is 0 Å². The maximum atomic E-state index is 15.1. The number of likely N-dealkylation sites (tertiary alicyclic amines) is 1. The predicted molar refractivity (Wildman–Crippen MR) is 298 cm³/mol. The van der Waals surface area contributed by atoms with E-state index < -0.39 is 21.7 Å². The Hall–Kier alpha value is -6.77. The average molecular weight is 1070 g/mol. The number of imidazole rings is 1. The second kappa shape index (κ2) is 23.1. The van der Waals surface area contributed by atoms with Gasteiger partial charge in [-0.25, -0.2) is 22.5 Å². The monoisotopic (exact) mass is 1070 g/mol. The Balaban J connectivity index is 0.927. The number of anilines is 2. The van der Waals surface area contributed by atoms with Gasteiger partial charge in [0.05, 0.1) is 43.6 Å². The van der Waals surface area contributed by atoms with Crippen molar-refractivity contribution in [2.45, 2.75) is 89.1 Å². The number of hydroxylamine groups is 1. The van der Waals surface area contributed by atoms with Gasteiger partial charge in [-0.15, -0.1) is 0 Å². The van der Waals surface area contributed by atoms with Crippen LogP contribution < -0.4 is 34.2 Å². The number of fused-ring (bicyclic) bond motifs is 2. The Labute approximate surface area is 450 Å². The molecule has 77 heavy (non-hydrogen) atoms. The lowest BCUT2D eigenvalue weighted by atomic mass is 9.80. The maximum absolute atomic E-state index is 15.1. The molecule has 408 valence electrons. The molecule has 17 nitrogen and oxygen atoms in total. The zero-order chi connectivity index (χ0) is 54.0. The highest BCUT2D eigenvalue weighted by atomic mass is 32.2. The second-order valence-corrected chi connectivity index (χ2v) is 23.0. The molecule has 3 unspecified atom stereocenters. The Morgan fingerprint density at radius 2 is 1.71 bits per heavy atom. The van der Waals surface area contributed by atoms with Gasteiger partial charge in [0, 0.05) is 94.4 Å². The number of nitrogens with zero attached hydrogens (tertiary/aromatic N) is 5. The van der Waals surface area contributed by atoms with Gasteiger partial charge in [-0.3, -0.25) is 14.6 Å². The van der Waals surface area contributed by atoms with Gasteiger partial charge in [0.1, 0.15) is 39.1 Å². The number of amides is 1. The number of pyridine rings is 1.